The van der Waals surface area contributed by atoms with Gasteiger partial charge < -0.3 is 10.0 Å². The van der Waals surface area contributed by atoms with Gasteiger partial charge in [0.05, 0.1) is 10.5 Å². The lowest BCUT2D eigenvalue weighted by Crippen LogP contribution is -2.10. The van der Waals surface area contributed by atoms with Gasteiger partial charge in [0.15, 0.2) is 0 Å². The molecule has 6 heteroatoms. The van der Waals surface area contributed by atoms with Gasteiger partial charge in [0.1, 0.15) is 0 Å². The Labute approximate surface area is 121 Å². The molecule has 21 heavy (non-hydrogen) atoms. The van der Waals surface area contributed by atoms with Crippen LogP contribution in [-0.2, 0) is 0 Å². The number of non-ortho nitro benzene ring substituents is 1. The van der Waals surface area contributed by atoms with Crippen molar-refractivity contribution in [1.29, 1.82) is 0 Å². The number of aryl methyl sites for hydroxylation is 1. The van der Waals surface area contributed by atoms with Crippen molar-refractivity contribution in [3.05, 3.63) is 63.7 Å². The molecule has 0 aliphatic carbocycles. The first kappa shape index (κ1) is 14.5. The van der Waals surface area contributed by atoms with Crippen LogP contribution in [0.1, 0.15) is 15.9 Å². The van der Waals surface area contributed by atoms with Crippen LogP contribution in [0.5, 0.6) is 0 Å². The minimum Gasteiger partial charge on any atom is -0.478 e. The van der Waals surface area contributed by atoms with E-state index in [1.54, 1.807) is 31.0 Å². The summed E-state index contributed by atoms with van der Waals surface area (Å²) in [7, 11) is 1.77. The van der Waals surface area contributed by atoms with E-state index in [4.69, 9.17) is 5.11 Å². The predicted octanol–water partition coefficient (Wildman–Crippen LogP) is 3.37. The van der Waals surface area contributed by atoms with Crippen LogP contribution in [0, 0.1) is 17.0 Å². The normalized spacial score (nSPS) is 10.2. The summed E-state index contributed by atoms with van der Waals surface area (Å²) in [4.78, 5) is 23.1. The molecule has 0 aliphatic heterocycles. The van der Waals surface area contributed by atoms with Gasteiger partial charge in [-0.15, -0.1) is 0 Å². The van der Waals surface area contributed by atoms with Crippen molar-refractivity contribution in [3.63, 3.8) is 0 Å². The van der Waals surface area contributed by atoms with Crippen LogP contribution in [-0.4, -0.2) is 23.0 Å². The third kappa shape index (κ3) is 3.17. The summed E-state index contributed by atoms with van der Waals surface area (Å²) in [5.74, 6) is -0.990. The van der Waals surface area contributed by atoms with Crippen LogP contribution < -0.4 is 4.90 Å². The zero-order valence-electron chi connectivity index (χ0n) is 11.6. The van der Waals surface area contributed by atoms with E-state index in [9.17, 15) is 14.9 Å². The van der Waals surface area contributed by atoms with E-state index < -0.39 is 10.9 Å². The average molecular weight is 286 g/mol. The molecule has 2 rings (SSSR count). The second-order valence-corrected chi connectivity index (χ2v) is 4.69. The van der Waals surface area contributed by atoms with Crippen molar-refractivity contribution in [2.75, 3.05) is 11.9 Å². The zero-order chi connectivity index (χ0) is 15.6. The second-order valence-electron chi connectivity index (χ2n) is 4.69. The number of rotatable bonds is 4. The van der Waals surface area contributed by atoms with E-state index >= 15 is 0 Å². The number of carboxylic acid groups (broad SMARTS) is 1. The van der Waals surface area contributed by atoms with E-state index in [1.807, 2.05) is 6.07 Å². The Morgan fingerprint density at radius 3 is 2.29 bits per heavy atom. The number of benzene rings is 2. The van der Waals surface area contributed by atoms with Crippen molar-refractivity contribution < 1.29 is 14.8 Å². The fraction of sp³-hybridized carbons (Fsp3) is 0.133. The summed E-state index contributed by atoms with van der Waals surface area (Å²) in [5, 5.41) is 19.8. The maximum absolute atomic E-state index is 10.9. The fourth-order valence-electron chi connectivity index (χ4n) is 2.02. The summed E-state index contributed by atoms with van der Waals surface area (Å²) in [5.41, 5.74) is 2.43. The van der Waals surface area contributed by atoms with Gasteiger partial charge in [-0.25, -0.2) is 4.79 Å². The molecule has 0 atom stereocenters. The predicted molar refractivity (Wildman–Crippen MR) is 79.3 cm³/mol. The molecule has 0 radical (unpaired) electrons. The lowest BCUT2D eigenvalue weighted by molar-refractivity contribution is -0.384. The van der Waals surface area contributed by atoms with Gasteiger partial charge in [-0.1, -0.05) is 0 Å². The Bertz CT molecular complexity index is 695. The minimum absolute atomic E-state index is 0.0269. The number of hydrogen-bond donors (Lipinski definition) is 1. The standard InChI is InChI=1S/C15H14N2O4/c1-10-7-13(9-14(8-10)17(20)21)16(2)12-5-3-11(4-6-12)15(18)19/h3-9H,1-2H3,(H,18,19). The van der Waals surface area contributed by atoms with Gasteiger partial charge >= 0.3 is 5.97 Å². The minimum atomic E-state index is -0.990. The summed E-state index contributed by atoms with van der Waals surface area (Å²) >= 11 is 0. The number of nitro groups is 1. The molecule has 108 valence electrons. The molecular weight excluding hydrogens is 272 g/mol. The molecular formula is C15H14N2O4. The molecule has 0 aromatic heterocycles. The first-order chi connectivity index (χ1) is 9.88. The second kappa shape index (κ2) is 5.62. The molecule has 0 bridgehead atoms. The van der Waals surface area contributed by atoms with E-state index in [2.05, 4.69) is 0 Å². The molecule has 0 fully saturated rings. The molecule has 0 amide bonds. The number of nitro benzene ring substituents is 1. The summed E-state index contributed by atoms with van der Waals surface area (Å²) in [6.07, 6.45) is 0. The molecule has 2 aromatic rings. The third-order valence-electron chi connectivity index (χ3n) is 3.15. The largest absolute Gasteiger partial charge is 0.478 e. The van der Waals surface area contributed by atoms with E-state index in [-0.39, 0.29) is 11.3 Å². The van der Waals surface area contributed by atoms with Crippen LogP contribution in [0.25, 0.3) is 0 Å². The van der Waals surface area contributed by atoms with Crippen molar-refractivity contribution in [2.45, 2.75) is 6.92 Å². The molecule has 0 saturated carbocycles. The summed E-state index contributed by atoms with van der Waals surface area (Å²) in [6.45, 7) is 1.79. The molecule has 0 spiro atoms. The number of anilines is 2. The lowest BCUT2D eigenvalue weighted by Gasteiger charge is -2.20. The van der Waals surface area contributed by atoms with Crippen LogP contribution in [0.3, 0.4) is 0 Å². The monoisotopic (exact) mass is 286 g/mol. The quantitative estimate of drug-likeness (QED) is 0.688. The molecule has 0 saturated heterocycles. The van der Waals surface area contributed by atoms with Gasteiger partial charge in [0, 0.05) is 30.6 Å². The van der Waals surface area contributed by atoms with Crippen molar-refractivity contribution in [2.24, 2.45) is 0 Å². The Hall–Kier alpha value is -2.89. The number of hydrogen-bond acceptors (Lipinski definition) is 4. The maximum Gasteiger partial charge on any atom is 0.335 e. The molecule has 1 N–H and O–H groups in total. The number of aromatic carboxylic acids is 1. The third-order valence-corrected chi connectivity index (χ3v) is 3.15. The van der Waals surface area contributed by atoms with Gasteiger partial charge in [-0.05, 0) is 42.8 Å². The smallest absolute Gasteiger partial charge is 0.335 e. The van der Waals surface area contributed by atoms with Gasteiger partial charge in [0.25, 0.3) is 5.69 Å². The summed E-state index contributed by atoms with van der Waals surface area (Å²) < 4.78 is 0. The Morgan fingerprint density at radius 1 is 1.14 bits per heavy atom. The molecule has 0 unspecified atom stereocenters. The van der Waals surface area contributed by atoms with Gasteiger partial charge in [-0.3, -0.25) is 10.1 Å². The Morgan fingerprint density at radius 2 is 1.76 bits per heavy atom. The molecule has 6 nitrogen and oxygen atoms in total. The van der Waals surface area contributed by atoms with E-state index in [0.29, 0.717) is 5.69 Å². The molecule has 0 heterocycles. The topological polar surface area (TPSA) is 83.7 Å². The Balaban J connectivity index is 2.37. The zero-order valence-corrected chi connectivity index (χ0v) is 11.6. The highest BCUT2D eigenvalue weighted by Crippen LogP contribution is 2.28. The average Bonchev–Trinajstić information content (AvgIpc) is 2.45. The van der Waals surface area contributed by atoms with E-state index in [1.165, 1.54) is 24.3 Å². The van der Waals surface area contributed by atoms with Crippen LogP contribution in [0.2, 0.25) is 0 Å². The number of carboxylic acids is 1. The molecule has 2 aromatic carbocycles. The Kier molecular flexibility index (Phi) is 3.89. The van der Waals surface area contributed by atoms with Crippen molar-refractivity contribution in [3.8, 4) is 0 Å². The molecule has 0 aliphatic rings. The van der Waals surface area contributed by atoms with Crippen molar-refractivity contribution in [1.82, 2.24) is 0 Å². The van der Waals surface area contributed by atoms with Gasteiger partial charge in [-0.2, -0.15) is 0 Å². The SMILES string of the molecule is Cc1cc(N(C)c2ccc(C(=O)O)cc2)cc([N+](=O)[O-])c1. The highest BCUT2D eigenvalue weighted by molar-refractivity contribution is 5.88. The van der Waals surface area contributed by atoms with E-state index in [0.717, 1.165) is 11.3 Å². The number of carbonyl (C=O) groups is 1. The first-order valence-electron chi connectivity index (χ1n) is 6.21. The first-order valence-corrected chi connectivity index (χ1v) is 6.21. The van der Waals surface area contributed by atoms with Crippen LogP contribution in [0.15, 0.2) is 42.5 Å². The maximum atomic E-state index is 10.9. The summed E-state index contributed by atoms with van der Waals surface area (Å²) in [6, 6.07) is 11.1. The number of nitrogens with zero attached hydrogens (tertiary/aromatic N) is 2. The lowest BCUT2D eigenvalue weighted by atomic mass is 10.1. The highest BCUT2D eigenvalue weighted by atomic mass is 16.6. The highest BCUT2D eigenvalue weighted by Gasteiger charge is 2.12. The van der Waals surface area contributed by atoms with Crippen LogP contribution in [0.4, 0.5) is 17.1 Å². The van der Waals surface area contributed by atoms with Crippen LogP contribution >= 0.6 is 0 Å². The van der Waals surface area contributed by atoms with Crippen molar-refractivity contribution >= 4 is 23.0 Å². The fourth-order valence-corrected chi connectivity index (χ4v) is 2.02. The van der Waals surface area contributed by atoms with Gasteiger partial charge in [0.2, 0.25) is 0 Å².